The standard InChI is InChI=1S/C19H27N3O3/c1-24-19(13-5-7-21-17(9-13)18(20)23)14-3-2-4-15(19)11-22(10-14)16-6-8-25-12-16/h5,7,9,14-16H,2-4,6,8,10-12H2,1H3,(H2,20,23)/t14-,15+,16-,19+/m0/s1. The van der Waals surface area contributed by atoms with Crippen LogP contribution in [-0.4, -0.2) is 55.2 Å². The van der Waals surface area contributed by atoms with Crippen molar-refractivity contribution < 1.29 is 14.3 Å². The molecule has 136 valence electrons. The molecule has 1 aliphatic carbocycles. The number of primary amides is 1. The molecule has 4 atom stereocenters. The van der Waals surface area contributed by atoms with Crippen molar-refractivity contribution in [2.75, 3.05) is 33.4 Å². The van der Waals surface area contributed by atoms with Gasteiger partial charge < -0.3 is 15.2 Å². The van der Waals surface area contributed by atoms with Crippen molar-refractivity contribution >= 4 is 5.91 Å². The Morgan fingerprint density at radius 1 is 1.36 bits per heavy atom. The third-order valence-electron chi connectivity index (χ3n) is 6.45. The smallest absolute Gasteiger partial charge is 0.267 e. The first kappa shape index (κ1) is 16.9. The summed E-state index contributed by atoms with van der Waals surface area (Å²) in [5, 5.41) is 0. The number of methoxy groups -OCH3 is 1. The highest BCUT2D eigenvalue weighted by molar-refractivity contribution is 5.90. The highest BCUT2D eigenvalue weighted by Crippen LogP contribution is 2.52. The number of hydrogen-bond acceptors (Lipinski definition) is 5. The van der Waals surface area contributed by atoms with E-state index >= 15 is 0 Å². The number of piperidine rings is 1. The lowest BCUT2D eigenvalue weighted by atomic mass is 9.62. The second kappa shape index (κ2) is 6.67. The quantitative estimate of drug-likeness (QED) is 0.896. The molecule has 1 saturated carbocycles. The molecule has 1 aromatic heterocycles. The number of likely N-dealkylation sites (tertiary alicyclic amines) is 1. The van der Waals surface area contributed by atoms with Crippen LogP contribution in [0.4, 0.5) is 0 Å². The van der Waals surface area contributed by atoms with Crippen molar-refractivity contribution in [2.45, 2.75) is 37.3 Å². The van der Waals surface area contributed by atoms with E-state index in [1.807, 2.05) is 19.2 Å². The number of carbonyl (C=O) groups excluding carboxylic acids is 1. The van der Waals surface area contributed by atoms with E-state index in [9.17, 15) is 4.79 Å². The third kappa shape index (κ3) is 2.76. The lowest BCUT2D eigenvalue weighted by Crippen LogP contribution is -2.61. The van der Waals surface area contributed by atoms with Crippen LogP contribution in [0.15, 0.2) is 18.3 Å². The van der Waals surface area contributed by atoms with Crippen molar-refractivity contribution in [1.29, 1.82) is 0 Å². The Kier molecular flexibility index (Phi) is 4.52. The van der Waals surface area contributed by atoms with Crippen molar-refractivity contribution in [1.82, 2.24) is 9.88 Å². The largest absolute Gasteiger partial charge is 0.380 e. The molecule has 2 saturated heterocycles. The summed E-state index contributed by atoms with van der Waals surface area (Å²) in [7, 11) is 1.81. The van der Waals surface area contributed by atoms with Crippen molar-refractivity contribution in [3.8, 4) is 0 Å². The average Bonchev–Trinajstić information content (AvgIpc) is 3.15. The minimum absolute atomic E-state index is 0.318. The highest BCUT2D eigenvalue weighted by atomic mass is 16.5. The van der Waals surface area contributed by atoms with Gasteiger partial charge in [0.1, 0.15) is 11.3 Å². The first-order valence-electron chi connectivity index (χ1n) is 9.28. The van der Waals surface area contributed by atoms with E-state index in [0.29, 0.717) is 23.6 Å². The highest BCUT2D eigenvalue weighted by Gasteiger charge is 2.54. The van der Waals surface area contributed by atoms with Crippen LogP contribution in [0.2, 0.25) is 0 Å². The summed E-state index contributed by atoms with van der Waals surface area (Å²) in [6.07, 6.45) is 6.33. The van der Waals surface area contributed by atoms with Gasteiger partial charge in [-0.15, -0.1) is 0 Å². The van der Waals surface area contributed by atoms with Crippen LogP contribution in [0.5, 0.6) is 0 Å². The fourth-order valence-corrected chi connectivity index (χ4v) is 5.31. The molecule has 25 heavy (non-hydrogen) atoms. The number of carbonyl (C=O) groups is 1. The summed E-state index contributed by atoms with van der Waals surface area (Å²) < 4.78 is 11.8. The predicted octanol–water partition coefficient (Wildman–Crippen LogP) is 1.54. The van der Waals surface area contributed by atoms with E-state index in [1.54, 1.807) is 6.20 Å². The summed E-state index contributed by atoms with van der Waals surface area (Å²) >= 11 is 0. The van der Waals surface area contributed by atoms with Gasteiger partial charge in [0.15, 0.2) is 0 Å². The molecule has 0 aromatic carbocycles. The Bertz CT molecular complexity index is 631. The third-order valence-corrected chi connectivity index (χ3v) is 6.45. The number of pyridine rings is 1. The van der Waals surface area contributed by atoms with Gasteiger partial charge in [0.05, 0.1) is 6.61 Å². The number of amides is 1. The molecule has 0 spiro atoms. The van der Waals surface area contributed by atoms with Gasteiger partial charge in [-0.3, -0.25) is 14.7 Å². The van der Waals surface area contributed by atoms with E-state index in [0.717, 1.165) is 51.1 Å². The first-order valence-corrected chi connectivity index (χ1v) is 9.28. The molecular formula is C19H27N3O3. The maximum Gasteiger partial charge on any atom is 0.267 e. The van der Waals surface area contributed by atoms with Crippen LogP contribution in [-0.2, 0) is 15.1 Å². The Hall–Kier alpha value is -1.50. The summed E-state index contributed by atoms with van der Waals surface area (Å²) in [6.45, 7) is 3.76. The molecule has 0 unspecified atom stereocenters. The van der Waals surface area contributed by atoms with Gasteiger partial charge in [0.25, 0.3) is 5.91 Å². The molecule has 2 bridgehead atoms. The zero-order chi connectivity index (χ0) is 17.4. The van der Waals surface area contributed by atoms with Crippen molar-refractivity contribution in [3.63, 3.8) is 0 Å². The Labute approximate surface area is 148 Å². The summed E-state index contributed by atoms with van der Waals surface area (Å²) in [6, 6.07) is 4.37. The van der Waals surface area contributed by atoms with E-state index in [1.165, 1.54) is 6.42 Å². The maximum absolute atomic E-state index is 11.6. The number of nitrogens with zero attached hydrogens (tertiary/aromatic N) is 2. The molecule has 3 heterocycles. The summed E-state index contributed by atoms with van der Waals surface area (Å²) in [5.41, 5.74) is 6.48. The number of rotatable bonds is 4. The zero-order valence-corrected chi connectivity index (χ0v) is 14.8. The molecule has 0 radical (unpaired) electrons. The average molecular weight is 345 g/mol. The molecule has 3 fully saturated rings. The molecule has 6 nitrogen and oxygen atoms in total. The normalized spacial score (nSPS) is 35.6. The lowest BCUT2D eigenvalue weighted by molar-refractivity contribution is -0.174. The summed E-state index contributed by atoms with van der Waals surface area (Å²) in [4.78, 5) is 18.3. The summed E-state index contributed by atoms with van der Waals surface area (Å²) in [5.74, 6) is 0.334. The van der Waals surface area contributed by atoms with Gasteiger partial charge in [-0.25, -0.2) is 0 Å². The molecule has 2 N–H and O–H groups in total. The monoisotopic (exact) mass is 345 g/mol. The number of nitrogens with two attached hydrogens (primary N) is 1. The Morgan fingerprint density at radius 3 is 2.72 bits per heavy atom. The van der Waals surface area contributed by atoms with Crippen LogP contribution in [0.25, 0.3) is 0 Å². The van der Waals surface area contributed by atoms with Crippen LogP contribution in [0.1, 0.15) is 41.7 Å². The number of ether oxygens (including phenoxy) is 2. The van der Waals surface area contributed by atoms with E-state index in [2.05, 4.69) is 9.88 Å². The van der Waals surface area contributed by atoms with Gasteiger partial charge in [-0.05, 0) is 37.0 Å². The van der Waals surface area contributed by atoms with Crippen molar-refractivity contribution in [2.24, 2.45) is 17.6 Å². The molecule has 1 aromatic rings. The number of fused-ring (bicyclic) bond motifs is 2. The molecule has 1 amide bonds. The van der Waals surface area contributed by atoms with E-state index in [4.69, 9.17) is 15.2 Å². The lowest BCUT2D eigenvalue weighted by Gasteiger charge is -2.56. The maximum atomic E-state index is 11.6. The number of aromatic nitrogens is 1. The Morgan fingerprint density at radius 2 is 2.12 bits per heavy atom. The van der Waals surface area contributed by atoms with E-state index in [-0.39, 0.29) is 5.60 Å². The van der Waals surface area contributed by atoms with Crippen LogP contribution in [0, 0.1) is 11.8 Å². The molecule has 2 aliphatic heterocycles. The topological polar surface area (TPSA) is 77.7 Å². The molecule has 3 aliphatic rings. The van der Waals surface area contributed by atoms with Gasteiger partial charge >= 0.3 is 0 Å². The second-order valence-electron chi connectivity index (χ2n) is 7.59. The van der Waals surface area contributed by atoms with Gasteiger partial charge in [0, 0.05) is 50.9 Å². The Balaban J connectivity index is 1.69. The fraction of sp³-hybridized carbons (Fsp3) is 0.684. The molecule has 4 rings (SSSR count). The van der Waals surface area contributed by atoms with Gasteiger partial charge in [-0.1, -0.05) is 6.42 Å². The van der Waals surface area contributed by atoms with Gasteiger partial charge in [0.2, 0.25) is 0 Å². The minimum atomic E-state index is -0.487. The van der Waals surface area contributed by atoms with Crippen LogP contribution in [0.3, 0.4) is 0 Å². The second-order valence-corrected chi connectivity index (χ2v) is 7.59. The molecular weight excluding hydrogens is 318 g/mol. The number of hydrogen-bond donors (Lipinski definition) is 1. The van der Waals surface area contributed by atoms with Crippen molar-refractivity contribution in [3.05, 3.63) is 29.6 Å². The predicted molar refractivity (Wildman–Crippen MR) is 93.1 cm³/mol. The minimum Gasteiger partial charge on any atom is -0.380 e. The van der Waals surface area contributed by atoms with E-state index < -0.39 is 5.91 Å². The fourth-order valence-electron chi connectivity index (χ4n) is 5.31. The van der Waals surface area contributed by atoms with Crippen LogP contribution < -0.4 is 5.73 Å². The van der Waals surface area contributed by atoms with Crippen LogP contribution >= 0.6 is 0 Å². The zero-order valence-electron chi connectivity index (χ0n) is 14.8. The van der Waals surface area contributed by atoms with Gasteiger partial charge in [-0.2, -0.15) is 0 Å². The molecule has 6 heteroatoms. The SMILES string of the molecule is CO[C@@]1(c2ccnc(C(N)=O)c2)[C@@H]2CCC[C@H]1CN([C@H]1CCOC1)C2. The first-order chi connectivity index (χ1) is 12.1.